The van der Waals surface area contributed by atoms with E-state index in [2.05, 4.69) is 5.32 Å². The lowest BCUT2D eigenvalue weighted by Gasteiger charge is -2.17. The van der Waals surface area contributed by atoms with E-state index in [1.165, 1.54) is 0 Å². The number of para-hydroxylation sites is 1. The Morgan fingerprint density at radius 2 is 2.05 bits per heavy atom. The van der Waals surface area contributed by atoms with Crippen molar-refractivity contribution in [1.82, 2.24) is 9.88 Å². The van der Waals surface area contributed by atoms with Crippen LogP contribution in [-0.4, -0.2) is 23.6 Å². The molecule has 0 aliphatic heterocycles. The Balaban J connectivity index is 2.07. The molecular formula is C17H23ClN2O2. The predicted molar refractivity (Wildman–Crippen MR) is 90.6 cm³/mol. The zero-order valence-electron chi connectivity index (χ0n) is 13.8. The molecule has 2 rings (SSSR count). The van der Waals surface area contributed by atoms with Gasteiger partial charge in [0.2, 0.25) is 5.91 Å². The number of aromatic nitrogens is 1. The van der Waals surface area contributed by atoms with Gasteiger partial charge in [-0.05, 0) is 13.0 Å². The smallest absolute Gasteiger partial charge is 0.225 e. The molecule has 0 unspecified atom stereocenters. The van der Waals surface area contributed by atoms with Crippen LogP contribution in [0.15, 0.2) is 18.2 Å². The minimum atomic E-state index is -0.386. The summed E-state index contributed by atoms with van der Waals surface area (Å²) in [6.45, 7) is 8.54. The van der Waals surface area contributed by atoms with Crippen LogP contribution in [0, 0.1) is 12.3 Å². The zero-order valence-corrected chi connectivity index (χ0v) is 14.5. The summed E-state index contributed by atoms with van der Waals surface area (Å²) in [6, 6.07) is 5.83. The SMILES string of the molecule is Cc1c(Cl)c2cccc(OCCNC(=O)C(C)(C)C)c2n1C. The first kappa shape index (κ1) is 16.7. The zero-order chi connectivity index (χ0) is 16.5. The molecule has 0 aliphatic rings. The van der Waals surface area contributed by atoms with E-state index < -0.39 is 0 Å². The maximum atomic E-state index is 11.8. The van der Waals surface area contributed by atoms with Crippen molar-refractivity contribution >= 4 is 28.4 Å². The summed E-state index contributed by atoms with van der Waals surface area (Å²) in [5.74, 6) is 0.798. The lowest BCUT2D eigenvalue weighted by Crippen LogP contribution is -2.37. The monoisotopic (exact) mass is 322 g/mol. The second-order valence-electron chi connectivity index (χ2n) is 6.47. The van der Waals surface area contributed by atoms with E-state index >= 15 is 0 Å². The van der Waals surface area contributed by atoms with Gasteiger partial charge in [-0.3, -0.25) is 4.79 Å². The molecular weight excluding hydrogens is 300 g/mol. The molecule has 0 spiro atoms. The number of rotatable bonds is 4. The standard InChI is InChI=1S/C17H23ClN2O2/c1-11-14(18)12-7-6-8-13(15(12)20(11)5)22-10-9-19-16(21)17(2,3)4/h6-8H,9-10H2,1-5H3,(H,19,21). The second kappa shape index (κ2) is 6.21. The van der Waals surface area contributed by atoms with Gasteiger partial charge in [-0.15, -0.1) is 0 Å². The molecule has 1 heterocycles. The number of nitrogens with one attached hydrogen (secondary N) is 1. The maximum Gasteiger partial charge on any atom is 0.225 e. The average Bonchev–Trinajstić information content (AvgIpc) is 2.68. The summed E-state index contributed by atoms with van der Waals surface area (Å²) in [6.07, 6.45) is 0. The number of amides is 1. The first-order valence-electron chi connectivity index (χ1n) is 7.38. The third-order valence-corrected chi connectivity index (χ3v) is 4.20. The molecule has 0 aliphatic carbocycles. The van der Waals surface area contributed by atoms with Crippen LogP contribution < -0.4 is 10.1 Å². The fourth-order valence-corrected chi connectivity index (χ4v) is 2.54. The van der Waals surface area contributed by atoms with Gasteiger partial charge in [-0.25, -0.2) is 0 Å². The van der Waals surface area contributed by atoms with Crippen molar-refractivity contribution in [1.29, 1.82) is 0 Å². The summed E-state index contributed by atoms with van der Waals surface area (Å²) in [7, 11) is 1.97. The summed E-state index contributed by atoms with van der Waals surface area (Å²) < 4.78 is 7.87. The number of benzene rings is 1. The highest BCUT2D eigenvalue weighted by Gasteiger charge is 2.20. The van der Waals surface area contributed by atoms with Crippen LogP contribution >= 0.6 is 11.6 Å². The number of ether oxygens (including phenoxy) is 1. The maximum absolute atomic E-state index is 11.8. The molecule has 0 saturated heterocycles. The third-order valence-electron chi connectivity index (χ3n) is 3.72. The van der Waals surface area contributed by atoms with E-state index in [-0.39, 0.29) is 11.3 Å². The lowest BCUT2D eigenvalue weighted by molar-refractivity contribution is -0.128. The van der Waals surface area contributed by atoms with E-state index in [0.717, 1.165) is 27.4 Å². The van der Waals surface area contributed by atoms with Gasteiger partial charge in [-0.1, -0.05) is 44.5 Å². The van der Waals surface area contributed by atoms with Gasteiger partial charge >= 0.3 is 0 Å². The number of aryl methyl sites for hydroxylation is 1. The number of carbonyl (C=O) groups is 1. The Morgan fingerprint density at radius 3 is 2.68 bits per heavy atom. The van der Waals surface area contributed by atoms with Crippen LogP contribution in [-0.2, 0) is 11.8 Å². The Morgan fingerprint density at radius 1 is 1.36 bits per heavy atom. The highest BCUT2D eigenvalue weighted by atomic mass is 35.5. The number of fused-ring (bicyclic) bond motifs is 1. The molecule has 0 bridgehead atoms. The highest BCUT2D eigenvalue weighted by Crippen LogP contribution is 2.34. The molecule has 0 fully saturated rings. The minimum absolute atomic E-state index is 0.0204. The highest BCUT2D eigenvalue weighted by molar-refractivity contribution is 6.36. The van der Waals surface area contributed by atoms with Crippen LogP contribution in [0.2, 0.25) is 5.02 Å². The fraction of sp³-hybridized carbons (Fsp3) is 0.471. The van der Waals surface area contributed by atoms with Crippen molar-refractivity contribution in [3.05, 3.63) is 28.9 Å². The van der Waals surface area contributed by atoms with Gasteiger partial charge < -0.3 is 14.6 Å². The van der Waals surface area contributed by atoms with E-state index in [1.54, 1.807) is 0 Å². The molecule has 120 valence electrons. The van der Waals surface area contributed by atoms with Gasteiger partial charge in [0.05, 0.1) is 17.1 Å². The number of carbonyl (C=O) groups excluding carboxylic acids is 1. The molecule has 1 aromatic carbocycles. The molecule has 1 N–H and O–H groups in total. The first-order chi connectivity index (χ1) is 10.2. The van der Waals surface area contributed by atoms with Gasteiger partial charge in [0.15, 0.2) is 0 Å². The molecule has 0 saturated carbocycles. The summed E-state index contributed by atoms with van der Waals surface area (Å²) >= 11 is 6.34. The van der Waals surface area contributed by atoms with Crippen molar-refractivity contribution in [2.75, 3.05) is 13.2 Å². The Kier molecular flexibility index (Phi) is 4.71. The van der Waals surface area contributed by atoms with Crippen LogP contribution in [0.1, 0.15) is 26.5 Å². The van der Waals surface area contributed by atoms with E-state index in [4.69, 9.17) is 16.3 Å². The summed E-state index contributed by atoms with van der Waals surface area (Å²) in [5.41, 5.74) is 1.60. The molecule has 22 heavy (non-hydrogen) atoms. The van der Waals surface area contributed by atoms with Crippen molar-refractivity contribution < 1.29 is 9.53 Å². The van der Waals surface area contributed by atoms with E-state index in [9.17, 15) is 4.79 Å². The van der Waals surface area contributed by atoms with Gasteiger partial charge in [0.25, 0.3) is 0 Å². The Hall–Kier alpha value is -1.68. The summed E-state index contributed by atoms with van der Waals surface area (Å²) in [5, 5.41) is 4.61. The first-order valence-corrected chi connectivity index (χ1v) is 7.76. The van der Waals surface area contributed by atoms with Crippen molar-refractivity contribution in [3.63, 3.8) is 0 Å². The average molecular weight is 323 g/mol. The number of halogens is 1. The van der Waals surface area contributed by atoms with Gasteiger partial charge in [0.1, 0.15) is 12.4 Å². The normalized spacial score (nSPS) is 11.7. The summed E-state index contributed by atoms with van der Waals surface area (Å²) in [4.78, 5) is 11.8. The number of hydrogen-bond acceptors (Lipinski definition) is 2. The Labute approximate surface area is 136 Å². The molecule has 2 aromatic rings. The molecule has 1 amide bonds. The number of nitrogens with zero attached hydrogens (tertiary/aromatic N) is 1. The Bertz CT molecular complexity index is 699. The predicted octanol–water partition coefficient (Wildman–Crippen LogP) is 3.68. The largest absolute Gasteiger partial charge is 0.490 e. The fourth-order valence-electron chi connectivity index (χ4n) is 2.26. The third kappa shape index (κ3) is 3.22. The van der Waals surface area contributed by atoms with Crippen LogP contribution in [0.25, 0.3) is 10.9 Å². The van der Waals surface area contributed by atoms with Crippen LogP contribution in [0.5, 0.6) is 5.75 Å². The van der Waals surface area contributed by atoms with E-state index in [1.807, 2.05) is 57.5 Å². The van der Waals surface area contributed by atoms with Crippen LogP contribution in [0.4, 0.5) is 0 Å². The lowest BCUT2D eigenvalue weighted by atomic mass is 9.96. The van der Waals surface area contributed by atoms with Crippen LogP contribution in [0.3, 0.4) is 0 Å². The molecule has 1 aromatic heterocycles. The molecule has 4 nitrogen and oxygen atoms in total. The van der Waals surface area contributed by atoms with Crippen molar-refractivity contribution in [2.24, 2.45) is 12.5 Å². The number of hydrogen-bond donors (Lipinski definition) is 1. The second-order valence-corrected chi connectivity index (χ2v) is 6.84. The van der Waals surface area contributed by atoms with Gasteiger partial charge in [0, 0.05) is 23.5 Å². The minimum Gasteiger partial charge on any atom is -0.490 e. The molecule has 0 radical (unpaired) electrons. The quantitative estimate of drug-likeness (QED) is 0.873. The molecule has 0 atom stereocenters. The van der Waals surface area contributed by atoms with Crippen molar-refractivity contribution in [2.45, 2.75) is 27.7 Å². The topological polar surface area (TPSA) is 43.3 Å². The van der Waals surface area contributed by atoms with Crippen molar-refractivity contribution in [3.8, 4) is 5.75 Å². The van der Waals surface area contributed by atoms with Gasteiger partial charge in [-0.2, -0.15) is 0 Å². The molecule has 5 heteroatoms. The van der Waals surface area contributed by atoms with E-state index in [0.29, 0.717) is 13.2 Å².